The number of anilines is 2. The Bertz CT molecular complexity index is 781. The molecule has 2 rings (SSSR count). The Morgan fingerprint density at radius 3 is 2.42 bits per heavy atom. The van der Waals surface area contributed by atoms with E-state index >= 15 is 0 Å². The van der Waals surface area contributed by atoms with Crippen LogP contribution in [-0.4, -0.2) is 25.5 Å². The summed E-state index contributed by atoms with van der Waals surface area (Å²) in [6, 6.07) is 9.34. The van der Waals surface area contributed by atoms with Gasteiger partial charge < -0.3 is 15.4 Å². The maximum atomic E-state index is 12.0. The van der Waals surface area contributed by atoms with Crippen LogP contribution < -0.4 is 10.6 Å². The summed E-state index contributed by atoms with van der Waals surface area (Å²) < 4.78 is 4.64. The molecule has 2 aromatic rings. The smallest absolute Gasteiger partial charge is 0.337 e. The van der Waals surface area contributed by atoms with Crippen LogP contribution in [0.4, 0.5) is 11.4 Å². The number of rotatable bonds is 5. The van der Waals surface area contributed by atoms with E-state index in [1.807, 2.05) is 0 Å². The number of amides is 1. The van der Waals surface area contributed by atoms with Gasteiger partial charge in [-0.25, -0.2) is 4.79 Å². The lowest BCUT2D eigenvalue weighted by molar-refractivity contribution is -0.114. The number of methoxy groups -OCH3 is 1. The van der Waals surface area contributed by atoms with E-state index in [-0.39, 0.29) is 12.5 Å². The molecule has 0 unspecified atom stereocenters. The minimum Gasteiger partial charge on any atom is -0.465 e. The van der Waals surface area contributed by atoms with Gasteiger partial charge in [-0.1, -0.05) is 34.8 Å². The third-order valence-corrected chi connectivity index (χ3v) is 3.91. The minimum atomic E-state index is -0.493. The van der Waals surface area contributed by atoms with Crippen molar-refractivity contribution >= 4 is 58.1 Å². The molecule has 5 nitrogen and oxygen atoms in total. The summed E-state index contributed by atoms with van der Waals surface area (Å²) in [6.07, 6.45) is 0. The van der Waals surface area contributed by atoms with E-state index in [1.54, 1.807) is 18.2 Å². The van der Waals surface area contributed by atoms with Gasteiger partial charge in [0.2, 0.25) is 5.91 Å². The summed E-state index contributed by atoms with van der Waals surface area (Å²) >= 11 is 17.8. The second-order valence-corrected chi connectivity index (χ2v) is 5.96. The van der Waals surface area contributed by atoms with Crippen LogP contribution in [0.2, 0.25) is 15.1 Å². The van der Waals surface area contributed by atoms with Gasteiger partial charge in [0.15, 0.2) is 0 Å². The average Bonchev–Trinajstić information content (AvgIpc) is 2.56. The molecule has 0 radical (unpaired) electrons. The highest BCUT2D eigenvalue weighted by Crippen LogP contribution is 2.26. The van der Waals surface area contributed by atoms with Crippen molar-refractivity contribution in [3.05, 3.63) is 57.0 Å². The zero-order valence-electron chi connectivity index (χ0n) is 12.5. The number of carbonyl (C=O) groups excluding carboxylic acids is 2. The molecule has 0 atom stereocenters. The first-order valence-electron chi connectivity index (χ1n) is 6.77. The van der Waals surface area contributed by atoms with Crippen LogP contribution in [0.1, 0.15) is 10.4 Å². The Morgan fingerprint density at radius 1 is 1.00 bits per heavy atom. The monoisotopic (exact) mass is 386 g/mol. The topological polar surface area (TPSA) is 67.4 Å². The van der Waals surface area contributed by atoms with Crippen molar-refractivity contribution < 1.29 is 14.3 Å². The molecular weight excluding hydrogens is 375 g/mol. The van der Waals surface area contributed by atoms with Crippen LogP contribution in [-0.2, 0) is 9.53 Å². The lowest BCUT2D eigenvalue weighted by Gasteiger charge is -2.11. The van der Waals surface area contributed by atoms with Gasteiger partial charge in [-0.05, 0) is 36.4 Å². The molecular formula is C16H13Cl3N2O3. The minimum absolute atomic E-state index is 0.0662. The van der Waals surface area contributed by atoms with Gasteiger partial charge in [-0.15, -0.1) is 0 Å². The highest BCUT2D eigenvalue weighted by atomic mass is 35.5. The summed E-state index contributed by atoms with van der Waals surface area (Å²) in [6.45, 7) is -0.0662. The molecule has 0 saturated carbocycles. The second kappa shape index (κ2) is 8.24. The van der Waals surface area contributed by atoms with E-state index in [2.05, 4.69) is 15.4 Å². The fraction of sp³-hybridized carbons (Fsp3) is 0.125. The number of nitrogens with one attached hydrogen (secondary N) is 2. The Kier molecular flexibility index (Phi) is 6.31. The summed E-state index contributed by atoms with van der Waals surface area (Å²) in [5, 5.41) is 6.70. The Balaban J connectivity index is 2.02. The number of ether oxygens (including phenoxy) is 1. The predicted molar refractivity (Wildman–Crippen MR) is 96.4 cm³/mol. The molecule has 0 spiro atoms. The molecule has 0 aromatic heterocycles. The first-order valence-corrected chi connectivity index (χ1v) is 7.90. The maximum Gasteiger partial charge on any atom is 0.337 e. The van der Waals surface area contributed by atoms with E-state index in [1.165, 1.54) is 25.3 Å². The summed E-state index contributed by atoms with van der Waals surface area (Å²) in [5.74, 6) is -0.828. The van der Waals surface area contributed by atoms with Crippen molar-refractivity contribution in [3.63, 3.8) is 0 Å². The molecule has 0 saturated heterocycles. The number of esters is 1. The van der Waals surface area contributed by atoms with E-state index in [0.29, 0.717) is 32.0 Å². The van der Waals surface area contributed by atoms with Gasteiger partial charge >= 0.3 is 5.97 Å². The molecule has 1 amide bonds. The van der Waals surface area contributed by atoms with E-state index in [0.717, 1.165) is 0 Å². The highest BCUT2D eigenvalue weighted by molar-refractivity contribution is 6.36. The largest absolute Gasteiger partial charge is 0.465 e. The predicted octanol–water partition coefficient (Wildman–Crippen LogP) is 4.48. The maximum absolute atomic E-state index is 12.0. The zero-order chi connectivity index (χ0) is 17.7. The standard InChI is InChI=1S/C16H13Cl3N2O3/c1-24-16(23)9-2-4-11(18)14(6-9)20-8-15(22)21-13-5-3-10(17)7-12(13)19/h2-7,20H,8H2,1H3,(H,21,22). The van der Waals surface area contributed by atoms with Crippen LogP contribution in [0.5, 0.6) is 0 Å². The highest BCUT2D eigenvalue weighted by Gasteiger charge is 2.11. The number of carbonyl (C=O) groups is 2. The van der Waals surface area contributed by atoms with E-state index in [9.17, 15) is 9.59 Å². The SMILES string of the molecule is COC(=O)c1ccc(Cl)c(NCC(=O)Nc2ccc(Cl)cc2Cl)c1. The van der Waals surface area contributed by atoms with Gasteiger partial charge in [0.25, 0.3) is 0 Å². The van der Waals surface area contributed by atoms with Crippen LogP contribution in [0.25, 0.3) is 0 Å². The Labute approximate surface area is 153 Å². The summed E-state index contributed by atoms with van der Waals surface area (Å²) in [7, 11) is 1.29. The lowest BCUT2D eigenvalue weighted by Crippen LogP contribution is -2.22. The average molecular weight is 388 g/mol. The number of hydrogen-bond acceptors (Lipinski definition) is 4. The first-order chi connectivity index (χ1) is 11.4. The third kappa shape index (κ3) is 4.77. The fourth-order valence-electron chi connectivity index (χ4n) is 1.87. The van der Waals surface area contributed by atoms with Gasteiger partial charge in [-0.3, -0.25) is 4.79 Å². The molecule has 2 N–H and O–H groups in total. The van der Waals surface area contributed by atoms with Gasteiger partial charge in [0.05, 0.1) is 40.6 Å². The van der Waals surface area contributed by atoms with Gasteiger partial charge in [-0.2, -0.15) is 0 Å². The first kappa shape index (κ1) is 18.4. The molecule has 24 heavy (non-hydrogen) atoms. The second-order valence-electron chi connectivity index (χ2n) is 4.71. The molecule has 0 fully saturated rings. The lowest BCUT2D eigenvalue weighted by atomic mass is 10.2. The van der Waals surface area contributed by atoms with Gasteiger partial charge in [0.1, 0.15) is 0 Å². The number of hydrogen-bond donors (Lipinski definition) is 2. The van der Waals surface area contributed by atoms with Crippen LogP contribution in [0.3, 0.4) is 0 Å². The van der Waals surface area contributed by atoms with E-state index in [4.69, 9.17) is 34.8 Å². The Hall–Kier alpha value is -1.95. The fourth-order valence-corrected chi connectivity index (χ4v) is 2.51. The van der Waals surface area contributed by atoms with Crippen LogP contribution in [0, 0.1) is 0 Å². The zero-order valence-corrected chi connectivity index (χ0v) is 14.8. The van der Waals surface area contributed by atoms with Crippen molar-refractivity contribution in [2.24, 2.45) is 0 Å². The molecule has 0 heterocycles. The van der Waals surface area contributed by atoms with Crippen LogP contribution >= 0.6 is 34.8 Å². The summed E-state index contributed by atoms with van der Waals surface area (Å²) in [5.41, 5.74) is 1.21. The van der Waals surface area contributed by atoms with Crippen molar-refractivity contribution in [3.8, 4) is 0 Å². The number of benzene rings is 2. The van der Waals surface area contributed by atoms with Crippen molar-refractivity contribution in [2.45, 2.75) is 0 Å². The molecule has 0 bridgehead atoms. The molecule has 126 valence electrons. The third-order valence-electron chi connectivity index (χ3n) is 3.03. The molecule has 0 aliphatic rings. The van der Waals surface area contributed by atoms with Crippen molar-refractivity contribution in [1.29, 1.82) is 0 Å². The normalized spacial score (nSPS) is 10.2. The van der Waals surface area contributed by atoms with Gasteiger partial charge in [0, 0.05) is 5.02 Å². The molecule has 0 aliphatic carbocycles. The van der Waals surface area contributed by atoms with Crippen molar-refractivity contribution in [2.75, 3.05) is 24.3 Å². The van der Waals surface area contributed by atoms with E-state index < -0.39 is 5.97 Å². The quantitative estimate of drug-likeness (QED) is 0.742. The molecule has 2 aromatic carbocycles. The van der Waals surface area contributed by atoms with Crippen molar-refractivity contribution in [1.82, 2.24) is 0 Å². The molecule has 8 heteroatoms. The number of halogens is 3. The van der Waals surface area contributed by atoms with Crippen LogP contribution in [0.15, 0.2) is 36.4 Å². The molecule has 0 aliphatic heterocycles. The Morgan fingerprint density at radius 2 is 1.75 bits per heavy atom. The summed E-state index contributed by atoms with van der Waals surface area (Å²) in [4.78, 5) is 23.5.